The average molecular weight is 708 g/mol. The quantitative estimate of drug-likeness (QED) is 0.261. The lowest BCUT2D eigenvalue weighted by molar-refractivity contribution is -0.126. The number of sulfonamides is 1. The van der Waals surface area contributed by atoms with Crippen molar-refractivity contribution >= 4 is 64.0 Å². The number of nitriles is 1. The van der Waals surface area contributed by atoms with Crippen molar-refractivity contribution in [2.24, 2.45) is 0 Å². The molecule has 256 valence electrons. The molecule has 6 rings (SSSR count). The molecule has 4 aromatic rings. The smallest absolute Gasteiger partial charge is 0.367 e. The van der Waals surface area contributed by atoms with Gasteiger partial charge in [-0.2, -0.15) is 22.7 Å². The van der Waals surface area contributed by atoms with E-state index in [2.05, 4.69) is 37.2 Å². The van der Waals surface area contributed by atoms with Gasteiger partial charge in [0.1, 0.15) is 28.7 Å². The van der Waals surface area contributed by atoms with E-state index in [-0.39, 0.29) is 10.9 Å². The highest BCUT2D eigenvalue weighted by atomic mass is 32.2. The second kappa shape index (κ2) is 13.5. The number of nitrogens with one attached hydrogen (secondary N) is 1. The number of aryl methyl sites for hydroxylation is 1. The van der Waals surface area contributed by atoms with E-state index in [0.717, 1.165) is 59.3 Å². The molecule has 17 heteroatoms. The van der Waals surface area contributed by atoms with Crippen molar-refractivity contribution in [3.8, 4) is 6.07 Å². The molecule has 5 heterocycles. The Labute approximate surface area is 291 Å². The zero-order valence-electron chi connectivity index (χ0n) is 27.7. The van der Waals surface area contributed by atoms with Crippen LogP contribution in [0.25, 0.3) is 21.1 Å². The summed E-state index contributed by atoms with van der Waals surface area (Å²) in [4.78, 5) is 13.7. The Morgan fingerprint density at radius 1 is 1.08 bits per heavy atom. The maximum atomic E-state index is 13.0. The van der Waals surface area contributed by atoms with Crippen molar-refractivity contribution < 1.29 is 21.6 Å². The Kier molecular flexibility index (Phi) is 9.84. The van der Waals surface area contributed by atoms with Crippen LogP contribution in [-0.4, -0.2) is 117 Å². The molecule has 4 radical (unpaired) electrons. The number of likely N-dealkylation sites (tertiary alicyclic amines) is 1. The van der Waals surface area contributed by atoms with Crippen molar-refractivity contribution in [1.82, 2.24) is 28.6 Å². The Hall–Kier alpha value is -3.16. The minimum Gasteiger partial charge on any atom is -0.367 e. The molecule has 49 heavy (non-hydrogen) atoms. The first-order chi connectivity index (χ1) is 23.0. The summed E-state index contributed by atoms with van der Waals surface area (Å²) in [6.45, 7) is 7.92. The third kappa shape index (κ3) is 7.49. The van der Waals surface area contributed by atoms with E-state index >= 15 is 0 Å². The Bertz CT molecular complexity index is 1990. The molecule has 2 aliphatic heterocycles. The molecule has 1 N–H and O–H groups in total. The Balaban J connectivity index is 1.13. The van der Waals surface area contributed by atoms with Gasteiger partial charge in [-0.15, -0.1) is 11.3 Å². The van der Waals surface area contributed by atoms with Gasteiger partial charge in [0.05, 0.1) is 33.8 Å². The summed E-state index contributed by atoms with van der Waals surface area (Å²) in [6, 6.07) is 9.38. The third-order valence-electron chi connectivity index (χ3n) is 9.91. The molecule has 2 fully saturated rings. The van der Waals surface area contributed by atoms with Gasteiger partial charge in [-0.25, -0.2) is 18.4 Å². The van der Waals surface area contributed by atoms with Gasteiger partial charge in [-0.3, -0.25) is 9.80 Å². The number of rotatable bonds is 9. The van der Waals surface area contributed by atoms with Crippen molar-refractivity contribution in [3.63, 3.8) is 0 Å². The number of piperazine rings is 1. The number of hydrogen-bond donors (Lipinski definition) is 1. The van der Waals surface area contributed by atoms with Gasteiger partial charge < -0.3 is 9.88 Å². The van der Waals surface area contributed by atoms with Gasteiger partial charge in [0.15, 0.2) is 0 Å². The highest BCUT2D eigenvalue weighted by molar-refractivity contribution is 7.88. The summed E-state index contributed by atoms with van der Waals surface area (Å²) in [5, 5.41) is 13.6. The summed E-state index contributed by atoms with van der Waals surface area (Å²) >= 11 is 1.04. The molecule has 1 aromatic carbocycles. The molecular formula is C32H37B2F3N8O2S2. The van der Waals surface area contributed by atoms with Crippen LogP contribution >= 0.6 is 11.3 Å². The van der Waals surface area contributed by atoms with Gasteiger partial charge in [-0.1, -0.05) is 6.07 Å². The van der Waals surface area contributed by atoms with Crippen LogP contribution in [0.4, 0.5) is 19.0 Å². The normalized spacial score (nSPS) is 18.6. The van der Waals surface area contributed by atoms with Gasteiger partial charge in [0.25, 0.3) is 0 Å². The first-order valence-electron chi connectivity index (χ1n) is 16.2. The molecule has 0 amide bonds. The van der Waals surface area contributed by atoms with Crippen LogP contribution < -0.4 is 5.32 Å². The molecule has 0 spiro atoms. The number of alkyl halides is 3. The maximum absolute atomic E-state index is 13.0. The SMILES string of the molecule is [B]C([B])(C(C)N1CCN(S(C)(=O)=O)CC1)n1c(C#N)cc2c(C)c(CN3CCC(Nc4ncnc5sc(CC(F)(F)F)cc45)CC3)ccc21. The zero-order chi connectivity index (χ0) is 35.3. The van der Waals surface area contributed by atoms with Crippen LogP contribution in [0.15, 0.2) is 30.6 Å². The molecule has 2 aliphatic rings. The first-order valence-corrected chi connectivity index (χ1v) is 18.8. The number of anilines is 1. The van der Waals surface area contributed by atoms with E-state index in [9.17, 15) is 26.9 Å². The summed E-state index contributed by atoms with van der Waals surface area (Å²) in [7, 11) is 10.4. The summed E-state index contributed by atoms with van der Waals surface area (Å²) in [5.74, 6) is 0.564. The summed E-state index contributed by atoms with van der Waals surface area (Å²) in [5.41, 5.74) is 3.27. The second-order valence-corrected chi connectivity index (χ2v) is 16.3. The Morgan fingerprint density at radius 3 is 2.41 bits per heavy atom. The number of benzene rings is 1. The molecular weight excluding hydrogens is 671 g/mol. The van der Waals surface area contributed by atoms with E-state index < -0.39 is 34.0 Å². The van der Waals surface area contributed by atoms with E-state index in [4.69, 9.17) is 15.7 Å². The van der Waals surface area contributed by atoms with Crippen LogP contribution in [0.2, 0.25) is 0 Å². The zero-order valence-corrected chi connectivity index (χ0v) is 29.3. The van der Waals surface area contributed by atoms with Gasteiger partial charge in [0, 0.05) is 73.7 Å². The van der Waals surface area contributed by atoms with Gasteiger partial charge in [-0.05, 0) is 61.4 Å². The monoisotopic (exact) mass is 708 g/mol. The maximum Gasteiger partial charge on any atom is 0.393 e. The average Bonchev–Trinajstić information content (AvgIpc) is 3.64. The molecule has 0 bridgehead atoms. The number of thiophene rings is 1. The van der Waals surface area contributed by atoms with Crippen molar-refractivity contribution in [2.45, 2.75) is 63.3 Å². The third-order valence-corrected chi connectivity index (χ3v) is 12.3. The molecule has 3 aromatic heterocycles. The van der Waals surface area contributed by atoms with Crippen LogP contribution in [-0.2, 0) is 28.3 Å². The fourth-order valence-electron chi connectivity index (χ4n) is 7.02. The second-order valence-electron chi connectivity index (χ2n) is 13.2. The topological polar surface area (TPSA) is 110 Å². The number of aromatic nitrogens is 3. The van der Waals surface area contributed by atoms with Crippen molar-refractivity contribution in [1.29, 1.82) is 5.26 Å². The van der Waals surface area contributed by atoms with Crippen LogP contribution in [0.5, 0.6) is 0 Å². The molecule has 10 nitrogen and oxygen atoms in total. The predicted molar refractivity (Wildman–Crippen MR) is 187 cm³/mol. The lowest BCUT2D eigenvalue weighted by Gasteiger charge is -2.46. The van der Waals surface area contributed by atoms with E-state index in [1.807, 2.05) is 26.0 Å². The van der Waals surface area contributed by atoms with Crippen molar-refractivity contribution in [3.05, 3.63) is 52.3 Å². The largest absolute Gasteiger partial charge is 0.393 e. The van der Waals surface area contributed by atoms with Crippen molar-refractivity contribution in [2.75, 3.05) is 50.8 Å². The summed E-state index contributed by atoms with van der Waals surface area (Å²) in [6.07, 6.45) is -1.000. The fraction of sp³-hybridized carbons (Fsp3) is 0.531. The number of nitrogens with zero attached hydrogens (tertiary/aromatic N) is 7. The van der Waals surface area contributed by atoms with E-state index in [1.54, 1.807) is 4.57 Å². The molecule has 0 aliphatic carbocycles. The minimum atomic E-state index is -4.28. The lowest BCUT2D eigenvalue weighted by Crippen LogP contribution is -2.59. The highest BCUT2D eigenvalue weighted by Gasteiger charge is 2.36. The van der Waals surface area contributed by atoms with E-state index in [1.165, 1.54) is 23.0 Å². The predicted octanol–water partition coefficient (Wildman–Crippen LogP) is 3.92. The van der Waals surface area contributed by atoms with E-state index in [0.29, 0.717) is 54.5 Å². The minimum absolute atomic E-state index is 0.120. The highest BCUT2D eigenvalue weighted by Crippen LogP contribution is 2.35. The number of hydrogen-bond acceptors (Lipinski definition) is 9. The molecule has 1 atom stereocenters. The number of piperidine rings is 1. The number of halogens is 3. The fourth-order valence-corrected chi connectivity index (χ4v) is 8.87. The first kappa shape index (κ1) is 35.7. The molecule has 1 unspecified atom stereocenters. The Morgan fingerprint density at radius 2 is 1.78 bits per heavy atom. The summed E-state index contributed by atoms with van der Waals surface area (Å²) < 4.78 is 66.0. The van der Waals surface area contributed by atoms with Gasteiger partial charge in [0.2, 0.25) is 10.0 Å². The van der Waals surface area contributed by atoms with Crippen LogP contribution in [0, 0.1) is 18.3 Å². The van der Waals surface area contributed by atoms with Crippen LogP contribution in [0.3, 0.4) is 0 Å². The lowest BCUT2D eigenvalue weighted by atomic mass is 9.57. The standard InChI is InChI=1S/C32H37B2F3N8O2S2/c1-20-22(18-42-8-6-23(7-9-42)41-29-27-15-25(16-31(35,36)37)48-30(27)40-19-39-29)4-5-28-26(20)14-24(17-38)45(28)32(33,34)21(2)43-10-12-44(13-11-43)49(3,46)47/h4-5,14-15,19,21,23H,6-13,16,18H2,1-3H3,(H,39,40,41). The number of fused-ring (bicyclic) bond motifs is 2. The molecule has 2 saturated heterocycles. The van der Waals surface area contributed by atoms with Crippen LogP contribution in [0.1, 0.15) is 41.5 Å². The van der Waals surface area contributed by atoms with Gasteiger partial charge >= 0.3 is 6.18 Å². The molecule has 0 saturated carbocycles.